The molecule has 24 heavy (non-hydrogen) atoms. The lowest BCUT2D eigenvalue weighted by Gasteiger charge is -2.25. The fourth-order valence-corrected chi connectivity index (χ4v) is 4.59. The third-order valence-corrected chi connectivity index (χ3v) is 7.00. The smallest absolute Gasteiger partial charge is 0.137 e. The molecule has 8 heteroatoms. The molecule has 0 saturated heterocycles. The summed E-state index contributed by atoms with van der Waals surface area (Å²) in [6.45, 7) is 5.35. The molecule has 0 spiro atoms. The van der Waals surface area contributed by atoms with E-state index >= 15 is 0 Å². The number of hydrogen-bond donors (Lipinski definition) is 2. The largest absolute Gasteiger partial charge is 0.391 e. The van der Waals surface area contributed by atoms with Gasteiger partial charge in [0.2, 0.25) is 0 Å². The Morgan fingerprint density at radius 3 is 2.67 bits per heavy atom. The Hall–Kier alpha value is -0.310. The van der Waals surface area contributed by atoms with Gasteiger partial charge in [0, 0.05) is 4.88 Å². The Morgan fingerprint density at radius 1 is 1.42 bits per heavy atom. The second-order valence-corrected chi connectivity index (χ2v) is 10.7. The molecule has 0 saturated carbocycles. The van der Waals surface area contributed by atoms with Gasteiger partial charge in [-0.2, -0.15) is 0 Å². The molecular weight excluding hydrogens is 437 g/mol. The average Bonchev–Trinajstić information content (AvgIpc) is 2.87. The van der Waals surface area contributed by atoms with Gasteiger partial charge in [-0.05, 0) is 60.0 Å². The normalized spacial score (nSPS) is 14.6. The van der Waals surface area contributed by atoms with Crippen LogP contribution in [0.25, 0.3) is 0 Å². The molecule has 3 nitrogen and oxygen atoms in total. The molecule has 1 unspecified atom stereocenters. The van der Waals surface area contributed by atoms with Crippen LogP contribution in [-0.2, 0) is 17.6 Å². The van der Waals surface area contributed by atoms with E-state index in [1.807, 2.05) is 20.8 Å². The van der Waals surface area contributed by atoms with Crippen LogP contribution in [0, 0.1) is 5.82 Å². The predicted molar refractivity (Wildman–Crippen MR) is 102 cm³/mol. The van der Waals surface area contributed by atoms with Crippen molar-refractivity contribution in [1.29, 1.82) is 0 Å². The van der Waals surface area contributed by atoms with E-state index in [0.29, 0.717) is 24.8 Å². The number of aliphatic hydroxyl groups is 1. The van der Waals surface area contributed by atoms with Crippen molar-refractivity contribution in [2.75, 3.05) is 0 Å². The number of hydrogen-bond acceptors (Lipinski definition) is 3. The van der Waals surface area contributed by atoms with Crippen molar-refractivity contribution in [2.24, 2.45) is 0 Å². The summed E-state index contributed by atoms with van der Waals surface area (Å²) in [6, 6.07) is 5.83. The van der Waals surface area contributed by atoms with Gasteiger partial charge in [-0.25, -0.2) is 13.3 Å². The van der Waals surface area contributed by atoms with Gasteiger partial charge in [0.1, 0.15) is 5.82 Å². The molecule has 0 aliphatic heterocycles. The molecule has 0 aliphatic rings. The zero-order chi connectivity index (χ0) is 18.1. The van der Waals surface area contributed by atoms with Crippen molar-refractivity contribution in [3.8, 4) is 0 Å². The maximum atomic E-state index is 14.0. The molecule has 2 N–H and O–H groups in total. The SMILES string of the molecule is CC(C)(C)S(=O)N[C@H](c1cc(Cl)sc1CO)c1cccc(F)c1Br. The van der Waals surface area contributed by atoms with Crippen LogP contribution in [0.1, 0.15) is 42.8 Å². The van der Waals surface area contributed by atoms with Crippen LogP contribution < -0.4 is 4.72 Å². The zero-order valence-electron chi connectivity index (χ0n) is 13.4. The van der Waals surface area contributed by atoms with Crippen LogP contribution in [0.15, 0.2) is 28.7 Å². The highest BCUT2D eigenvalue weighted by Crippen LogP contribution is 2.38. The van der Waals surface area contributed by atoms with Crippen molar-refractivity contribution in [1.82, 2.24) is 4.72 Å². The average molecular weight is 455 g/mol. The van der Waals surface area contributed by atoms with Crippen molar-refractivity contribution in [2.45, 2.75) is 38.2 Å². The summed E-state index contributed by atoms with van der Waals surface area (Å²) >= 11 is 10.6. The molecule has 0 radical (unpaired) electrons. The van der Waals surface area contributed by atoms with Gasteiger partial charge in [-0.3, -0.25) is 0 Å². The molecule has 1 aromatic heterocycles. The number of aliphatic hydroxyl groups excluding tert-OH is 1. The van der Waals surface area contributed by atoms with Gasteiger partial charge in [0.25, 0.3) is 0 Å². The Balaban J connectivity index is 2.57. The van der Waals surface area contributed by atoms with E-state index in [1.54, 1.807) is 18.2 Å². The van der Waals surface area contributed by atoms with E-state index < -0.39 is 27.6 Å². The molecular formula is C16H18BrClFNO2S2. The summed E-state index contributed by atoms with van der Waals surface area (Å²) in [5.41, 5.74) is 1.29. The van der Waals surface area contributed by atoms with Crippen molar-refractivity contribution < 1.29 is 13.7 Å². The Kier molecular flexibility index (Phi) is 6.61. The lowest BCUT2D eigenvalue weighted by molar-refractivity contribution is 0.284. The second-order valence-electron chi connectivity index (χ2n) is 6.16. The third kappa shape index (κ3) is 4.45. The van der Waals surface area contributed by atoms with Gasteiger partial charge in [-0.1, -0.05) is 23.7 Å². The van der Waals surface area contributed by atoms with E-state index in [-0.39, 0.29) is 6.61 Å². The first-order chi connectivity index (χ1) is 11.1. The summed E-state index contributed by atoms with van der Waals surface area (Å²) in [7, 11) is -1.40. The summed E-state index contributed by atoms with van der Waals surface area (Å²) in [4.78, 5) is 0.652. The summed E-state index contributed by atoms with van der Waals surface area (Å²) < 4.78 is 30.0. The second kappa shape index (κ2) is 7.93. The minimum Gasteiger partial charge on any atom is -0.391 e. The monoisotopic (exact) mass is 453 g/mol. The summed E-state index contributed by atoms with van der Waals surface area (Å²) in [5.74, 6) is -0.410. The van der Waals surface area contributed by atoms with Gasteiger partial charge >= 0.3 is 0 Å². The maximum absolute atomic E-state index is 14.0. The van der Waals surface area contributed by atoms with Crippen LogP contribution in [0.4, 0.5) is 4.39 Å². The molecule has 2 aromatic rings. The molecule has 2 atom stereocenters. The zero-order valence-corrected chi connectivity index (χ0v) is 17.4. The van der Waals surface area contributed by atoms with Crippen LogP contribution in [0.2, 0.25) is 4.34 Å². The minimum atomic E-state index is -1.40. The van der Waals surface area contributed by atoms with Crippen molar-refractivity contribution >= 4 is 49.9 Å². The number of nitrogens with one attached hydrogen (secondary N) is 1. The van der Waals surface area contributed by atoms with Crippen molar-refractivity contribution in [3.63, 3.8) is 0 Å². The molecule has 1 aromatic carbocycles. The highest BCUT2D eigenvalue weighted by atomic mass is 79.9. The Morgan fingerprint density at radius 2 is 2.08 bits per heavy atom. The number of thiophene rings is 1. The minimum absolute atomic E-state index is 0.194. The topological polar surface area (TPSA) is 49.3 Å². The van der Waals surface area contributed by atoms with Crippen molar-refractivity contribution in [3.05, 3.63) is 54.9 Å². The van der Waals surface area contributed by atoms with E-state index in [9.17, 15) is 13.7 Å². The molecule has 2 rings (SSSR count). The summed E-state index contributed by atoms with van der Waals surface area (Å²) in [5, 5.41) is 9.61. The molecule has 0 bridgehead atoms. The number of benzene rings is 1. The molecule has 0 aliphatic carbocycles. The Labute approximate surface area is 161 Å². The predicted octanol–water partition coefficient (Wildman–Crippen LogP) is 4.94. The van der Waals surface area contributed by atoms with Crippen LogP contribution in [-0.4, -0.2) is 14.1 Å². The lowest BCUT2D eigenvalue weighted by atomic mass is 10.00. The first kappa shape index (κ1) is 20.0. The van der Waals surface area contributed by atoms with E-state index in [1.165, 1.54) is 17.4 Å². The van der Waals surface area contributed by atoms with Crippen LogP contribution in [0.5, 0.6) is 0 Å². The first-order valence-corrected chi connectivity index (χ1v) is 10.3. The quantitative estimate of drug-likeness (QED) is 0.672. The molecule has 132 valence electrons. The number of rotatable bonds is 5. The Bertz CT molecular complexity index is 761. The van der Waals surface area contributed by atoms with Gasteiger partial charge < -0.3 is 5.11 Å². The van der Waals surface area contributed by atoms with E-state index in [0.717, 1.165) is 0 Å². The highest BCUT2D eigenvalue weighted by Gasteiger charge is 2.28. The maximum Gasteiger partial charge on any atom is 0.137 e. The van der Waals surface area contributed by atoms with Gasteiger partial charge in [0.05, 0.1) is 37.2 Å². The fraction of sp³-hybridized carbons (Fsp3) is 0.375. The molecule has 0 amide bonds. The summed E-state index contributed by atoms with van der Waals surface area (Å²) in [6.07, 6.45) is 0. The molecule has 0 fully saturated rings. The van der Waals surface area contributed by atoms with Crippen LogP contribution >= 0.6 is 38.9 Å². The fourth-order valence-electron chi connectivity index (χ4n) is 2.10. The molecule has 1 heterocycles. The van der Waals surface area contributed by atoms with Crippen LogP contribution in [0.3, 0.4) is 0 Å². The van der Waals surface area contributed by atoms with E-state index in [4.69, 9.17) is 11.6 Å². The van der Waals surface area contributed by atoms with Gasteiger partial charge in [-0.15, -0.1) is 11.3 Å². The third-order valence-electron chi connectivity index (χ3n) is 3.34. The first-order valence-electron chi connectivity index (χ1n) is 7.16. The standard InChI is InChI=1S/C16H18BrClFNO2S2/c1-16(2,3)24(22)20-15(9-5-4-6-11(19)14(9)17)10-7-13(18)23-12(10)8-21/h4-7,15,20-21H,8H2,1-3H3/t15-,24?/m0/s1. The lowest BCUT2D eigenvalue weighted by Crippen LogP contribution is -2.36. The van der Waals surface area contributed by atoms with Gasteiger partial charge in [0.15, 0.2) is 0 Å². The highest BCUT2D eigenvalue weighted by molar-refractivity contribution is 9.10. The van der Waals surface area contributed by atoms with E-state index in [2.05, 4.69) is 20.7 Å². The number of halogens is 3.